The molecule has 2 aromatic carbocycles. The number of Topliss-reactive ketones (excluding diaryl/α,β-unsaturated/α-hetero) is 1. The largest absolute Gasteiger partial charge is 0.400 e. The van der Waals surface area contributed by atoms with Gasteiger partial charge in [0.2, 0.25) is 0 Å². The summed E-state index contributed by atoms with van der Waals surface area (Å²) in [6, 6.07) is 19.8. The van der Waals surface area contributed by atoms with E-state index >= 15 is 0 Å². The SMILES string of the molecule is CC(=O)CN(CCC(Cc1ccccc1)NC(=O)c1cccc(C)n1)Sc1cc(F)ccc1C.CO. The van der Waals surface area contributed by atoms with Crippen molar-refractivity contribution in [2.45, 2.75) is 44.6 Å². The van der Waals surface area contributed by atoms with Gasteiger partial charge in [0.05, 0.1) is 6.54 Å². The summed E-state index contributed by atoms with van der Waals surface area (Å²) in [5, 5.41) is 10.1. The van der Waals surface area contributed by atoms with Gasteiger partial charge in [-0.1, -0.05) is 42.5 Å². The van der Waals surface area contributed by atoms with Crippen molar-refractivity contribution in [3.63, 3.8) is 0 Å². The van der Waals surface area contributed by atoms with E-state index in [4.69, 9.17) is 5.11 Å². The zero-order valence-corrected chi connectivity index (χ0v) is 22.0. The Kier molecular flexibility index (Phi) is 12.3. The molecule has 0 spiro atoms. The molecule has 1 amide bonds. The monoisotopic (exact) mass is 511 g/mol. The van der Waals surface area contributed by atoms with Gasteiger partial charge in [-0.3, -0.25) is 9.59 Å². The van der Waals surface area contributed by atoms with E-state index in [2.05, 4.69) is 10.3 Å². The maximum Gasteiger partial charge on any atom is 0.270 e. The number of amides is 1. The highest BCUT2D eigenvalue weighted by atomic mass is 32.2. The van der Waals surface area contributed by atoms with E-state index in [9.17, 15) is 14.0 Å². The number of carbonyl (C=O) groups excluding carboxylic acids is 2. The molecule has 6 nitrogen and oxygen atoms in total. The quantitative estimate of drug-likeness (QED) is 0.361. The minimum atomic E-state index is -0.309. The van der Waals surface area contributed by atoms with Gasteiger partial charge in [-0.25, -0.2) is 13.7 Å². The summed E-state index contributed by atoms with van der Waals surface area (Å²) in [5.41, 5.74) is 3.21. The summed E-state index contributed by atoms with van der Waals surface area (Å²) >= 11 is 1.37. The van der Waals surface area contributed by atoms with Gasteiger partial charge in [-0.2, -0.15) is 0 Å². The van der Waals surface area contributed by atoms with Crippen molar-refractivity contribution in [2.24, 2.45) is 0 Å². The normalized spacial score (nSPS) is 11.4. The van der Waals surface area contributed by atoms with Crippen LogP contribution in [0.15, 0.2) is 71.6 Å². The van der Waals surface area contributed by atoms with E-state index in [0.29, 0.717) is 25.1 Å². The molecular weight excluding hydrogens is 477 g/mol. The van der Waals surface area contributed by atoms with Crippen LogP contribution in [0.5, 0.6) is 0 Å². The summed E-state index contributed by atoms with van der Waals surface area (Å²) in [6.45, 7) is 6.08. The predicted octanol–water partition coefficient (Wildman–Crippen LogP) is 4.78. The first-order chi connectivity index (χ1) is 17.3. The molecule has 1 unspecified atom stereocenters. The predicted molar refractivity (Wildman–Crippen MR) is 142 cm³/mol. The molecule has 1 aromatic heterocycles. The average Bonchev–Trinajstić information content (AvgIpc) is 2.86. The number of aliphatic hydroxyl groups excluding tert-OH is 1. The van der Waals surface area contributed by atoms with Crippen molar-refractivity contribution < 1.29 is 19.1 Å². The number of benzene rings is 2. The van der Waals surface area contributed by atoms with Crippen LogP contribution in [0, 0.1) is 19.7 Å². The van der Waals surface area contributed by atoms with Gasteiger partial charge in [-0.15, -0.1) is 0 Å². The van der Waals surface area contributed by atoms with Crippen molar-refractivity contribution >= 4 is 23.6 Å². The first kappa shape index (κ1) is 29.2. The lowest BCUT2D eigenvalue weighted by atomic mass is 10.0. The number of rotatable bonds is 11. The number of nitrogens with zero attached hydrogens (tertiary/aromatic N) is 2. The Morgan fingerprint density at radius 3 is 2.44 bits per heavy atom. The molecule has 0 aliphatic rings. The Morgan fingerprint density at radius 1 is 1.06 bits per heavy atom. The molecule has 36 heavy (non-hydrogen) atoms. The van der Waals surface area contributed by atoms with Crippen molar-refractivity contribution in [1.82, 2.24) is 14.6 Å². The molecule has 0 saturated heterocycles. The Morgan fingerprint density at radius 2 is 1.78 bits per heavy atom. The molecule has 0 bridgehead atoms. The molecule has 1 heterocycles. The smallest absolute Gasteiger partial charge is 0.270 e. The Labute approximate surface area is 217 Å². The fraction of sp³-hybridized carbons (Fsp3) is 0.321. The molecule has 8 heteroatoms. The highest BCUT2D eigenvalue weighted by Crippen LogP contribution is 2.27. The number of ketones is 1. The van der Waals surface area contributed by atoms with Crippen molar-refractivity contribution in [3.8, 4) is 0 Å². The zero-order valence-electron chi connectivity index (χ0n) is 21.2. The van der Waals surface area contributed by atoms with Crippen LogP contribution in [-0.2, 0) is 11.2 Å². The molecule has 1 atom stereocenters. The minimum absolute atomic E-state index is 0.0224. The van der Waals surface area contributed by atoms with Gasteiger partial charge < -0.3 is 10.4 Å². The Hall–Kier alpha value is -3.07. The van der Waals surface area contributed by atoms with Crippen LogP contribution in [0.1, 0.15) is 40.7 Å². The third-order valence-electron chi connectivity index (χ3n) is 5.28. The zero-order chi connectivity index (χ0) is 26.5. The third kappa shape index (κ3) is 9.89. The van der Waals surface area contributed by atoms with E-state index in [1.807, 2.05) is 60.6 Å². The van der Waals surface area contributed by atoms with E-state index in [-0.39, 0.29) is 30.1 Å². The van der Waals surface area contributed by atoms with Gasteiger partial charge in [-0.05, 0) is 81.0 Å². The van der Waals surface area contributed by atoms with Crippen molar-refractivity contribution in [2.75, 3.05) is 20.2 Å². The number of hydrogen-bond acceptors (Lipinski definition) is 6. The van der Waals surface area contributed by atoms with Crippen LogP contribution >= 0.6 is 11.9 Å². The fourth-order valence-corrected chi connectivity index (χ4v) is 4.67. The topological polar surface area (TPSA) is 82.5 Å². The summed E-state index contributed by atoms with van der Waals surface area (Å²) in [6.07, 6.45) is 1.26. The molecule has 0 saturated carbocycles. The molecule has 3 rings (SSSR count). The van der Waals surface area contributed by atoms with Gasteiger partial charge in [0.1, 0.15) is 17.3 Å². The second-order valence-corrected chi connectivity index (χ2v) is 9.52. The highest BCUT2D eigenvalue weighted by Gasteiger charge is 2.19. The fourth-order valence-electron chi connectivity index (χ4n) is 3.57. The Balaban J connectivity index is 0.00000222. The van der Waals surface area contributed by atoms with Gasteiger partial charge in [0.15, 0.2) is 0 Å². The second-order valence-electron chi connectivity index (χ2n) is 8.38. The lowest BCUT2D eigenvalue weighted by Crippen LogP contribution is -2.39. The van der Waals surface area contributed by atoms with E-state index < -0.39 is 0 Å². The maximum atomic E-state index is 13.8. The van der Waals surface area contributed by atoms with E-state index in [0.717, 1.165) is 28.8 Å². The van der Waals surface area contributed by atoms with Crippen molar-refractivity contribution in [3.05, 3.63) is 95.1 Å². The summed E-state index contributed by atoms with van der Waals surface area (Å²) in [5.74, 6) is -0.513. The average molecular weight is 512 g/mol. The molecule has 0 fully saturated rings. The summed E-state index contributed by atoms with van der Waals surface area (Å²) < 4.78 is 15.7. The van der Waals surface area contributed by atoms with Crippen LogP contribution in [0.2, 0.25) is 0 Å². The van der Waals surface area contributed by atoms with Gasteiger partial charge >= 0.3 is 0 Å². The number of pyridine rings is 1. The molecule has 0 aliphatic heterocycles. The molecule has 0 radical (unpaired) electrons. The number of aryl methyl sites for hydroxylation is 2. The van der Waals surface area contributed by atoms with Gasteiger partial charge in [0, 0.05) is 30.3 Å². The van der Waals surface area contributed by atoms with Gasteiger partial charge in [0.25, 0.3) is 5.91 Å². The molecule has 2 N–H and O–H groups in total. The lowest BCUT2D eigenvalue weighted by molar-refractivity contribution is -0.117. The number of carbonyl (C=O) groups is 2. The molecule has 0 aliphatic carbocycles. The van der Waals surface area contributed by atoms with E-state index in [1.165, 1.54) is 24.1 Å². The standard InChI is InChI=1S/C27H30FN3O2S.CH4O/c1-19-12-13-23(28)17-26(19)34-31(18-21(3)32)15-14-24(16-22-9-5-4-6-10-22)30-27(33)25-11-7-8-20(2)29-25;1-2/h4-13,17,24H,14-16,18H2,1-3H3,(H,30,33);2H,1H3. The number of halogens is 1. The number of hydrogen-bond donors (Lipinski definition) is 2. The Bertz CT molecular complexity index is 1130. The first-order valence-electron chi connectivity index (χ1n) is 11.7. The summed E-state index contributed by atoms with van der Waals surface area (Å²) in [7, 11) is 1.00. The van der Waals surface area contributed by atoms with E-state index in [1.54, 1.807) is 19.1 Å². The highest BCUT2D eigenvalue weighted by molar-refractivity contribution is 7.97. The van der Waals surface area contributed by atoms with Crippen molar-refractivity contribution in [1.29, 1.82) is 0 Å². The van der Waals surface area contributed by atoms with Crippen LogP contribution in [0.25, 0.3) is 0 Å². The number of nitrogens with one attached hydrogen (secondary N) is 1. The number of aromatic nitrogens is 1. The maximum absolute atomic E-state index is 13.8. The van der Waals surface area contributed by atoms with Crippen LogP contribution in [-0.4, -0.2) is 52.3 Å². The number of aliphatic hydroxyl groups is 1. The third-order valence-corrected chi connectivity index (χ3v) is 6.49. The second kappa shape index (κ2) is 15.1. The minimum Gasteiger partial charge on any atom is -0.400 e. The van der Waals surface area contributed by atoms with Crippen LogP contribution in [0.3, 0.4) is 0 Å². The lowest BCUT2D eigenvalue weighted by Gasteiger charge is -2.25. The molecular formula is C28H34FN3O3S. The molecule has 3 aromatic rings. The van der Waals surface area contributed by atoms with Crippen LogP contribution < -0.4 is 5.32 Å². The summed E-state index contributed by atoms with van der Waals surface area (Å²) in [4.78, 5) is 29.9. The van der Waals surface area contributed by atoms with Crippen LogP contribution in [0.4, 0.5) is 4.39 Å². The first-order valence-corrected chi connectivity index (χ1v) is 12.5. The molecule has 192 valence electrons.